The number of nitrogens with zero attached hydrogens (tertiary/aromatic N) is 1. The fourth-order valence-corrected chi connectivity index (χ4v) is 1.03. The predicted molar refractivity (Wildman–Crippen MR) is 39.7 cm³/mol. The molecule has 0 unspecified atom stereocenters. The Hall–Kier alpha value is -1.25. The second kappa shape index (κ2) is 2.42. The van der Waals surface area contributed by atoms with Crippen molar-refractivity contribution in [2.75, 3.05) is 6.79 Å². The number of pyridine rings is 1. The third-order valence-corrected chi connectivity index (χ3v) is 1.69. The topological polar surface area (TPSA) is 31.4 Å². The molecule has 1 aliphatic heterocycles. The van der Waals surface area contributed by atoms with E-state index in [0.717, 1.165) is 12.2 Å². The lowest BCUT2D eigenvalue weighted by Crippen LogP contribution is -1.93. The summed E-state index contributed by atoms with van der Waals surface area (Å²) in [6.07, 6.45) is 2.79. The van der Waals surface area contributed by atoms with Crippen LogP contribution in [0.2, 0.25) is 0 Å². The van der Waals surface area contributed by atoms with E-state index in [9.17, 15) is 0 Å². The molecule has 0 saturated heterocycles. The van der Waals surface area contributed by atoms with Crippen molar-refractivity contribution in [2.45, 2.75) is 13.3 Å². The molecule has 3 heteroatoms. The van der Waals surface area contributed by atoms with Crippen LogP contribution in [0.3, 0.4) is 0 Å². The van der Waals surface area contributed by atoms with Crippen molar-refractivity contribution < 1.29 is 9.47 Å². The molecule has 0 N–H and O–H groups in total. The van der Waals surface area contributed by atoms with E-state index in [1.165, 1.54) is 5.56 Å². The number of hydrogen-bond donors (Lipinski definition) is 0. The maximum Gasteiger partial charge on any atom is 0.260 e. The van der Waals surface area contributed by atoms with Crippen molar-refractivity contribution in [1.29, 1.82) is 0 Å². The van der Waals surface area contributed by atoms with E-state index in [4.69, 9.17) is 9.47 Å². The van der Waals surface area contributed by atoms with E-state index in [0.29, 0.717) is 12.7 Å². The maximum atomic E-state index is 5.16. The van der Waals surface area contributed by atoms with Gasteiger partial charge in [-0.2, -0.15) is 0 Å². The highest BCUT2D eigenvalue weighted by Crippen LogP contribution is 2.29. The highest BCUT2D eigenvalue weighted by molar-refractivity contribution is 5.37. The molecule has 3 nitrogen and oxygen atoms in total. The van der Waals surface area contributed by atoms with E-state index in [1.807, 2.05) is 12.3 Å². The van der Waals surface area contributed by atoms with Crippen LogP contribution in [0.4, 0.5) is 0 Å². The Morgan fingerprint density at radius 2 is 2.45 bits per heavy atom. The van der Waals surface area contributed by atoms with Gasteiger partial charge in [-0.15, -0.1) is 0 Å². The Morgan fingerprint density at radius 1 is 1.55 bits per heavy atom. The normalized spacial score (nSPS) is 13.5. The molecule has 0 aromatic carbocycles. The molecule has 0 atom stereocenters. The molecule has 0 amide bonds. The number of rotatable bonds is 1. The van der Waals surface area contributed by atoms with Gasteiger partial charge in [0, 0.05) is 6.20 Å². The van der Waals surface area contributed by atoms with Crippen LogP contribution in [0.25, 0.3) is 0 Å². The van der Waals surface area contributed by atoms with E-state index < -0.39 is 0 Å². The van der Waals surface area contributed by atoms with Gasteiger partial charge < -0.3 is 9.47 Å². The number of hydrogen-bond acceptors (Lipinski definition) is 3. The monoisotopic (exact) mass is 151 g/mol. The van der Waals surface area contributed by atoms with Gasteiger partial charge in [-0.1, -0.05) is 6.92 Å². The molecule has 0 fully saturated rings. The highest BCUT2D eigenvalue weighted by Gasteiger charge is 2.13. The molecule has 11 heavy (non-hydrogen) atoms. The van der Waals surface area contributed by atoms with Crippen LogP contribution >= 0.6 is 0 Å². The van der Waals surface area contributed by atoms with E-state index in [2.05, 4.69) is 11.9 Å². The third-order valence-electron chi connectivity index (χ3n) is 1.69. The molecule has 2 heterocycles. The summed E-state index contributed by atoms with van der Waals surface area (Å²) in [5.74, 6) is 1.38. The zero-order valence-corrected chi connectivity index (χ0v) is 6.33. The lowest BCUT2D eigenvalue weighted by Gasteiger charge is -1.96. The molecule has 58 valence electrons. The van der Waals surface area contributed by atoms with Crippen LogP contribution in [0, 0.1) is 0 Å². The van der Waals surface area contributed by atoms with Gasteiger partial charge in [-0.05, 0) is 18.1 Å². The number of ether oxygens (including phenoxy) is 2. The summed E-state index contributed by atoms with van der Waals surface area (Å²) < 4.78 is 10.2. The Labute approximate surface area is 65.0 Å². The highest BCUT2D eigenvalue weighted by atomic mass is 16.7. The predicted octanol–water partition coefficient (Wildman–Crippen LogP) is 1.37. The van der Waals surface area contributed by atoms with Crippen LogP contribution in [0.15, 0.2) is 12.3 Å². The van der Waals surface area contributed by atoms with E-state index in [1.54, 1.807) is 0 Å². The number of fused-ring (bicyclic) bond motifs is 1. The minimum absolute atomic E-state index is 0.301. The SMILES string of the molecule is CCc1cnc2c(c1)OCO2. The molecule has 1 aliphatic rings. The van der Waals surface area contributed by atoms with Crippen LogP contribution < -0.4 is 9.47 Å². The van der Waals surface area contributed by atoms with Gasteiger partial charge in [-0.25, -0.2) is 4.98 Å². The molecule has 1 aromatic heterocycles. The minimum atomic E-state index is 0.301. The molecule has 0 radical (unpaired) electrons. The van der Waals surface area contributed by atoms with Gasteiger partial charge >= 0.3 is 0 Å². The van der Waals surface area contributed by atoms with Crippen molar-refractivity contribution in [3.8, 4) is 11.6 Å². The Balaban J connectivity index is 2.41. The first-order chi connectivity index (χ1) is 5.40. The average molecular weight is 151 g/mol. The summed E-state index contributed by atoms with van der Waals surface area (Å²) in [5, 5.41) is 0. The molecule has 0 saturated carbocycles. The summed E-state index contributed by atoms with van der Waals surface area (Å²) in [5.41, 5.74) is 1.18. The number of aryl methyl sites for hydroxylation is 1. The molecule has 0 spiro atoms. The van der Waals surface area contributed by atoms with Crippen LogP contribution in [-0.2, 0) is 6.42 Å². The zero-order valence-electron chi connectivity index (χ0n) is 6.33. The van der Waals surface area contributed by atoms with Crippen LogP contribution in [0.5, 0.6) is 11.6 Å². The molecule has 1 aromatic rings. The third kappa shape index (κ3) is 1.02. The van der Waals surface area contributed by atoms with Crippen LogP contribution in [0.1, 0.15) is 12.5 Å². The summed E-state index contributed by atoms with van der Waals surface area (Å²) in [4.78, 5) is 4.08. The summed E-state index contributed by atoms with van der Waals surface area (Å²) in [6.45, 7) is 2.38. The maximum absolute atomic E-state index is 5.16. The smallest absolute Gasteiger partial charge is 0.260 e. The van der Waals surface area contributed by atoms with Gasteiger partial charge in [0.15, 0.2) is 5.75 Å². The second-order valence-corrected chi connectivity index (χ2v) is 2.41. The first-order valence-corrected chi connectivity index (χ1v) is 3.64. The second-order valence-electron chi connectivity index (χ2n) is 2.41. The van der Waals surface area contributed by atoms with Gasteiger partial charge in [0.25, 0.3) is 5.88 Å². The standard InChI is InChI=1S/C8H9NO2/c1-2-6-3-7-8(9-4-6)11-5-10-7/h3-4H,2,5H2,1H3. The summed E-state index contributed by atoms with van der Waals surface area (Å²) in [6, 6.07) is 1.97. The molecular formula is C8H9NO2. The Bertz CT molecular complexity index is 273. The number of aromatic nitrogens is 1. The Morgan fingerprint density at radius 3 is 3.27 bits per heavy atom. The average Bonchev–Trinajstić information content (AvgIpc) is 2.50. The fraction of sp³-hybridized carbons (Fsp3) is 0.375. The van der Waals surface area contributed by atoms with E-state index >= 15 is 0 Å². The van der Waals surface area contributed by atoms with Gasteiger partial charge in [0.2, 0.25) is 6.79 Å². The first kappa shape index (κ1) is 6.46. The molecule has 0 aliphatic carbocycles. The zero-order chi connectivity index (χ0) is 7.68. The fourth-order valence-electron chi connectivity index (χ4n) is 1.03. The summed E-state index contributed by atoms with van der Waals surface area (Å²) >= 11 is 0. The Kier molecular flexibility index (Phi) is 1.42. The van der Waals surface area contributed by atoms with Crippen molar-refractivity contribution in [3.63, 3.8) is 0 Å². The lowest BCUT2D eigenvalue weighted by atomic mass is 10.2. The molecular weight excluding hydrogens is 142 g/mol. The lowest BCUT2D eigenvalue weighted by molar-refractivity contribution is 0.171. The van der Waals surface area contributed by atoms with Crippen molar-refractivity contribution in [3.05, 3.63) is 17.8 Å². The first-order valence-electron chi connectivity index (χ1n) is 3.64. The van der Waals surface area contributed by atoms with Gasteiger partial charge in [-0.3, -0.25) is 0 Å². The van der Waals surface area contributed by atoms with Gasteiger partial charge in [0.1, 0.15) is 0 Å². The van der Waals surface area contributed by atoms with Gasteiger partial charge in [0.05, 0.1) is 0 Å². The van der Waals surface area contributed by atoms with Crippen molar-refractivity contribution >= 4 is 0 Å². The van der Waals surface area contributed by atoms with Crippen molar-refractivity contribution in [2.24, 2.45) is 0 Å². The van der Waals surface area contributed by atoms with Crippen LogP contribution in [-0.4, -0.2) is 11.8 Å². The largest absolute Gasteiger partial charge is 0.452 e. The minimum Gasteiger partial charge on any atom is -0.452 e. The quantitative estimate of drug-likeness (QED) is 0.607. The molecule has 0 bridgehead atoms. The van der Waals surface area contributed by atoms with E-state index in [-0.39, 0.29) is 0 Å². The van der Waals surface area contributed by atoms with Crippen molar-refractivity contribution in [1.82, 2.24) is 4.98 Å². The summed E-state index contributed by atoms with van der Waals surface area (Å²) in [7, 11) is 0. The molecule has 2 rings (SSSR count).